The van der Waals surface area contributed by atoms with Crippen LogP contribution in [0.4, 0.5) is 5.69 Å². The van der Waals surface area contributed by atoms with Crippen LogP contribution in [0.25, 0.3) is 10.9 Å². The zero-order chi connectivity index (χ0) is 27.6. The number of H-pyrrole nitrogens is 1. The number of nitrogens with one attached hydrogen (secondary N) is 1. The highest BCUT2D eigenvalue weighted by Crippen LogP contribution is 2.30. The molecule has 0 saturated carbocycles. The van der Waals surface area contributed by atoms with E-state index < -0.39 is 6.04 Å². The summed E-state index contributed by atoms with van der Waals surface area (Å²) in [5, 5.41) is 13.9. The van der Waals surface area contributed by atoms with E-state index in [1.807, 2.05) is 54.1 Å². The number of pyridine rings is 1. The minimum absolute atomic E-state index is 0.116. The molecule has 1 fully saturated rings. The Balaban J connectivity index is 1.38. The molecule has 0 amide bonds. The van der Waals surface area contributed by atoms with Gasteiger partial charge in [-0.1, -0.05) is 36.4 Å². The molecule has 0 spiro atoms. The summed E-state index contributed by atoms with van der Waals surface area (Å²) in [5.74, 6) is 1.50. The van der Waals surface area contributed by atoms with Crippen molar-refractivity contribution < 1.29 is 4.74 Å². The molecule has 2 aromatic heterocycles. The van der Waals surface area contributed by atoms with E-state index in [4.69, 9.17) is 4.74 Å². The van der Waals surface area contributed by atoms with Crippen molar-refractivity contribution in [2.24, 2.45) is 0 Å². The number of aromatic nitrogens is 5. The monoisotopic (exact) mass is 535 g/mol. The Hall–Kier alpha value is -4.50. The first-order chi connectivity index (χ1) is 19.5. The summed E-state index contributed by atoms with van der Waals surface area (Å²) in [6.45, 7) is 7.77. The van der Waals surface area contributed by atoms with Gasteiger partial charge in [-0.2, -0.15) is 0 Å². The SMILES string of the molecule is COc1ccc(N2CCN([C@H](c3cc4c(C)cc(C)cc4[nH]c3=O)c3nnnn3Cc3ccccc3)CC2)cc1. The Morgan fingerprint density at radius 1 is 0.950 bits per heavy atom. The van der Waals surface area contributed by atoms with Crippen LogP contribution >= 0.6 is 0 Å². The lowest BCUT2D eigenvalue weighted by molar-refractivity contribution is 0.200. The Bertz CT molecular complexity index is 1670. The summed E-state index contributed by atoms with van der Waals surface area (Å²) in [6.07, 6.45) is 0. The molecule has 1 aliphatic heterocycles. The zero-order valence-corrected chi connectivity index (χ0v) is 23.0. The van der Waals surface area contributed by atoms with Crippen LogP contribution in [0, 0.1) is 13.8 Å². The second-order valence-electron chi connectivity index (χ2n) is 10.4. The molecule has 6 rings (SSSR count). The van der Waals surface area contributed by atoms with E-state index in [9.17, 15) is 4.79 Å². The topological polar surface area (TPSA) is 92.2 Å². The average molecular weight is 536 g/mol. The average Bonchev–Trinajstić information content (AvgIpc) is 3.42. The third-order valence-corrected chi connectivity index (χ3v) is 7.73. The second-order valence-corrected chi connectivity index (χ2v) is 10.4. The van der Waals surface area contributed by atoms with E-state index >= 15 is 0 Å². The van der Waals surface area contributed by atoms with Crippen LogP contribution in [0.15, 0.2) is 77.6 Å². The first kappa shape index (κ1) is 25.8. The highest BCUT2D eigenvalue weighted by molar-refractivity contribution is 5.83. The van der Waals surface area contributed by atoms with Crippen LogP contribution in [0.3, 0.4) is 0 Å². The van der Waals surface area contributed by atoms with Gasteiger partial charge in [-0.05, 0) is 77.4 Å². The molecular weight excluding hydrogens is 502 g/mol. The number of hydrogen-bond acceptors (Lipinski definition) is 7. The lowest BCUT2D eigenvalue weighted by Gasteiger charge is -2.39. The van der Waals surface area contributed by atoms with E-state index in [0.29, 0.717) is 17.9 Å². The molecule has 0 radical (unpaired) electrons. The smallest absolute Gasteiger partial charge is 0.253 e. The fourth-order valence-corrected chi connectivity index (χ4v) is 5.70. The fraction of sp³-hybridized carbons (Fsp3) is 0.290. The molecule has 1 N–H and O–H groups in total. The molecule has 0 aliphatic carbocycles. The molecule has 0 bridgehead atoms. The molecule has 1 aliphatic rings. The van der Waals surface area contributed by atoms with E-state index in [1.165, 1.54) is 0 Å². The van der Waals surface area contributed by atoms with Crippen molar-refractivity contribution in [3.63, 3.8) is 0 Å². The van der Waals surface area contributed by atoms with Crippen molar-refractivity contribution >= 4 is 16.6 Å². The predicted octanol–water partition coefficient (Wildman–Crippen LogP) is 4.10. The largest absolute Gasteiger partial charge is 0.497 e. The maximum Gasteiger partial charge on any atom is 0.253 e. The van der Waals surface area contributed by atoms with Gasteiger partial charge in [-0.25, -0.2) is 4.68 Å². The number of anilines is 1. The lowest BCUT2D eigenvalue weighted by Crippen LogP contribution is -2.49. The maximum absolute atomic E-state index is 13.7. The normalized spacial score (nSPS) is 14.9. The van der Waals surface area contributed by atoms with Gasteiger partial charge in [0.25, 0.3) is 5.56 Å². The van der Waals surface area contributed by atoms with Gasteiger partial charge in [0, 0.05) is 48.3 Å². The molecule has 5 aromatic rings. The molecule has 9 nitrogen and oxygen atoms in total. The zero-order valence-electron chi connectivity index (χ0n) is 23.0. The van der Waals surface area contributed by atoms with Crippen LogP contribution in [-0.4, -0.2) is 63.4 Å². The van der Waals surface area contributed by atoms with E-state index in [-0.39, 0.29) is 5.56 Å². The Labute approximate surface area is 233 Å². The summed E-state index contributed by atoms with van der Waals surface area (Å²) in [7, 11) is 1.68. The van der Waals surface area contributed by atoms with Gasteiger partial charge in [-0.3, -0.25) is 9.69 Å². The molecule has 0 unspecified atom stereocenters. The fourth-order valence-electron chi connectivity index (χ4n) is 5.70. The van der Waals surface area contributed by atoms with Gasteiger partial charge in [0.05, 0.1) is 13.7 Å². The van der Waals surface area contributed by atoms with E-state index in [2.05, 4.69) is 67.6 Å². The number of fused-ring (bicyclic) bond motifs is 1. The third-order valence-electron chi connectivity index (χ3n) is 7.73. The minimum atomic E-state index is -0.398. The molecule has 40 heavy (non-hydrogen) atoms. The molecular formula is C31H33N7O2. The molecule has 1 atom stereocenters. The standard InChI is InChI=1S/C31H33N7O2/c1-21-17-22(2)26-19-27(31(39)32-28(26)18-21)29(30-33-34-35-38(30)20-23-7-5-4-6-8-23)37-15-13-36(14-16-37)24-9-11-25(40-3)12-10-24/h4-12,17-19,29H,13-16,20H2,1-3H3,(H,32,39)/t29-/m1/s1. The number of hydrogen-bond donors (Lipinski definition) is 1. The number of aromatic amines is 1. The third kappa shape index (κ3) is 5.08. The molecule has 204 valence electrons. The van der Waals surface area contributed by atoms with Crippen molar-refractivity contribution in [1.29, 1.82) is 0 Å². The first-order valence-corrected chi connectivity index (χ1v) is 13.6. The van der Waals surface area contributed by atoms with Crippen LogP contribution < -0.4 is 15.2 Å². The van der Waals surface area contributed by atoms with E-state index in [0.717, 1.165) is 65.2 Å². The van der Waals surface area contributed by atoms with Crippen LogP contribution in [0.5, 0.6) is 5.75 Å². The molecule has 9 heteroatoms. The number of piperazine rings is 1. The summed E-state index contributed by atoms with van der Waals surface area (Å²) >= 11 is 0. The Morgan fingerprint density at radius 3 is 2.42 bits per heavy atom. The van der Waals surface area contributed by atoms with Gasteiger partial charge in [0.2, 0.25) is 0 Å². The number of nitrogens with zero attached hydrogens (tertiary/aromatic N) is 6. The molecule has 1 saturated heterocycles. The van der Waals surface area contributed by atoms with Gasteiger partial charge >= 0.3 is 0 Å². The van der Waals surface area contributed by atoms with Gasteiger partial charge in [0.15, 0.2) is 5.82 Å². The number of rotatable bonds is 7. The highest BCUT2D eigenvalue weighted by Gasteiger charge is 2.33. The van der Waals surface area contributed by atoms with Crippen molar-refractivity contribution in [3.8, 4) is 5.75 Å². The number of methoxy groups -OCH3 is 1. The number of aryl methyl sites for hydroxylation is 2. The van der Waals surface area contributed by atoms with Crippen molar-refractivity contribution in [2.75, 3.05) is 38.2 Å². The number of ether oxygens (including phenoxy) is 1. The van der Waals surface area contributed by atoms with Crippen LogP contribution in [0.1, 0.15) is 34.1 Å². The summed E-state index contributed by atoms with van der Waals surface area (Å²) in [6, 6.07) is 24.1. The van der Waals surface area contributed by atoms with E-state index in [1.54, 1.807) is 7.11 Å². The predicted molar refractivity (Wildman–Crippen MR) is 156 cm³/mol. The number of tetrazole rings is 1. The number of benzene rings is 3. The van der Waals surface area contributed by atoms with Crippen LogP contribution in [0.2, 0.25) is 0 Å². The first-order valence-electron chi connectivity index (χ1n) is 13.6. The highest BCUT2D eigenvalue weighted by atomic mass is 16.5. The molecule has 3 aromatic carbocycles. The second kappa shape index (κ2) is 10.9. The Morgan fingerprint density at radius 2 is 1.70 bits per heavy atom. The molecule has 3 heterocycles. The summed E-state index contributed by atoms with van der Waals surface area (Å²) in [4.78, 5) is 21.5. The maximum atomic E-state index is 13.7. The van der Waals surface area contributed by atoms with Crippen LogP contribution in [-0.2, 0) is 6.54 Å². The van der Waals surface area contributed by atoms with Gasteiger partial charge < -0.3 is 14.6 Å². The van der Waals surface area contributed by atoms with Gasteiger partial charge in [-0.15, -0.1) is 5.10 Å². The Kier molecular flexibility index (Phi) is 7.04. The van der Waals surface area contributed by atoms with Gasteiger partial charge in [0.1, 0.15) is 11.8 Å². The summed E-state index contributed by atoms with van der Waals surface area (Å²) in [5.41, 5.74) is 5.87. The van der Waals surface area contributed by atoms with Crippen molar-refractivity contribution in [1.82, 2.24) is 30.1 Å². The quantitative estimate of drug-likeness (QED) is 0.336. The lowest BCUT2D eigenvalue weighted by atomic mass is 9.99. The summed E-state index contributed by atoms with van der Waals surface area (Å²) < 4.78 is 7.15. The van der Waals surface area contributed by atoms with Crippen molar-refractivity contribution in [2.45, 2.75) is 26.4 Å². The van der Waals surface area contributed by atoms with Crippen molar-refractivity contribution in [3.05, 3.63) is 111 Å². The minimum Gasteiger partial charge on any atom is -0.497 e.